The lowest BCUT2D eigenvalue weighted by atomic mass is 9.86. The van der Waals surface area contributed by atoms with Crippen molar-refractivity contribution in [3.05, 3.63) is 95.2 Å². The van der Waals surface area contributed by atoms with Gasteiger partial charge >= 0.3 is 0 Å². The fourth-order valence-corrected chi connectivity index (χ4v) is 5.58. The molecule has 0 bridgehead atoms. The number of hydrogen-bond donors (Lipinski definition) is 1. The second-order valence-electron chi connectivity index (χ2n) is 10.4. The van der Waals surface area contributed by atoms with Gasteiger partial charge in [-0.25, -0.2) is 4.68 Å². The number of rotatable bonds is 11. The zero-order valence-electron chi connectivity index (χ0n) is 23.2. The third-order valence-corrected chi connectivity index (χ3v) is 7.65. The summed E-state index contributed by atoms with van der Waals surface area (Å²) >= 11 is 0. The lowest BCUT2D eigenvalue weighted by molar-refractivity contribution is -0.0366. The van der Waals surface area contributed by atoms with E-state index in [1.54, 1.807) is 0 Å². The Bertz CT molecular complexity index is 1400. The van der Waals surface area contributed by atoms with Crippen molar-refractivity contribution in [3.63, 3.8) is 0 Å². The Labute approximate surface area is 232 Å². The Morgan fingerprint density at radius 1 is 1.00 bits per heavy atom. The maximum absolute atomic E-state index is 8.99. The number of aryl methyl sites for hydroxylation is 1. The first-order valence-corrected chi connectivity index (χ1v) is 14.4. The van der Waals surface area contributed by atoms with Gasteiger partial charge in [0.15, 0.2) is 6.23 Å². The van der Waals surface area contributed by atoms with E-state index < -0.39 is 0 Å². The summed E-state index contributed by atoms with van der Waals surface area (Å²) in [5, 5.41) is 14.8. The molecule has 0 aliphatic carbocycles. The van der Waals surface area contributed by atoms with Crippen LogP contribution in [0.5, 0.6) is 5.75 Å². The highest BCUT2D eigenvalue weighted by atomic mass is 16.5. The van der Waals surface area contributed by atoms with Crippen molar-refractivity contribution in [3.8, 4) is 5.75 Å². The van der Waals surface area contributed by atoms with E-state index >= 15 is 0 Å². The summed E-state index contributed by atoms with van der Waals surface area (Å²) in [4.78, 5) is 0. The first kappa shape index (κ1) is 27.2. The van der Waals surface area contributed by atoms with Gasteiger partial charge in [-0.3, -0.25) is 0 Å². The summed E-state index contributed by atoms with van der Waals surface area (Å²) in [6, 6.07) is 23.9. The quantitative estimate of drug-likeness (QED) is 0.160. The van der Waals surface area contributed by atoms with Crippen molar-refractivity contribution in [2.45, 2.75) is 65.0 Å². The number of hydrogen-bond acceptors (Lipinski definition) is 4. The van der Waals surface area contributed by atoms with Crippen molar-refractivity contribution < 1.29 is 14.6 Å². The van der Waals surface area contributed by atoms with E-state index in [-0.39, 0.29) is 12.8 Å². The molecule has 2 heterocycles. The first-order valence-electron chi connectivity index (χ1n) is 14.4. The van der Waals surface area contributed by atoms with Crippen LogP contribution in [0.2, 0.25) is 0 Å². The van der Waals surface area contributed by atoms with Gasteiger partial charge in [-0.15, -0.1) is 0 Å². The minimum Gasteiger partial charge on any atom is -0.494 e. The predicted octanol–water partition coefficient (Wildman–Crippen LogP) is 7.95. The van der Waals surface area contributed by atoms with Crippen LogP contribution in [0.15, 0.2) is 72.9 Å². The molecule has 0 spiro atoms. The van der Waals surface area contributed by atoms with Gasteiger partial charge in [-0.1, -0.05) is 49.4 Å². The Balaban J connectivity index is 1.53. The number of aromatic nitrogens is 2. The van der Waals surface area contributed by atoms with E-state index in [0.29, 0.717) is 6.61 Å². The van der Waals surface area contributed by atoms with Gasteiger partial charge < -0.3 is 14.6 Å². The molecule has 0 saturated carbocycles. The van der Waals surface area contributed by atoms with Crippen molar-refractivity contribution in [1.29, 1.82) is 0 Å². The van der Waals surface area contributed by atoms with Crippen LogP contribution in [-0.4, -0.2) is 34.7 Å². The maximum Gasteiger partial charge on any atom is 0.150 e. The van der Waals surface area contributed by atoms with Gasteiger partial charge in [-0.2, -0.15) is 5.10 Å². The molecular weight excluding hydrogens is 484 g/mol. The fraction of sp³-hybridized carbons (Fsp3) is 0.382. The zero-order valence-corrected chi connectivity index (χ0v) is 23.2. The van der Waals surface area contributed by atoms with Gasteiger partial charge in [0.05, 0.1) is 18.3 Å². The third-order valence-electron chi connectivity index (χ3n) is 7.65. The van der Waals surface area contributed by atoms with Crippen molar-refractivity contribution in [2.75, 3.05) is 19.8 Å². The number of fused-ring (bicyclic) bond motifs is 1. The van der Waals surface area contributed by atoms with Crippen molar-refractivity contribution in [2.24, 2.45) is 0 Å². The van der Waals surface area contributed by atoms with E-state index in [0.717, 1.165) is 61.8 Å². The molecule has 5 heteroatoms. The van der Waals surface area contributed by atoms with Crippen LogP contribution in [0.3, 0.4) is 0 Å². The molecule has 39 heavy (non-hydrogen) atoms. The van der Waals surface area contributed by atoms with Crippen LogP contribution < -0.4 is 4.74 Å². The summed E-state index contributed by atoms with van der Waals surface area (Å²) in [6.07, 6.45) is 8.96. The molecule has 5 rings (SSSR count). The molecule has 0 radical (unpaired) electrons. The average Bonchev–Trinajstić information content (AvgIpc) is 3.41. The Kier molecular flexibility index (Phi) is 9.12. The highest BCUT2D eigenvalue weighted by Gasteiger charge is 2.20. The molecule has 1 N–H and O–H groups in total. The van der Waals surface area contributed by atoms with Gasteiger partial charge in [0.2, 0.25) is 0 Å². The number of unbranched alkanes of at least 4 members (excludes halogenated alkanes) is 2. The lowest BCUT2D eigenvalue weighted by Crippen LogP contribution is -2.18. The molecule has 1 atom stereocenters. The molecule has 1 aliphatic heterocycles. The number of allylic oxidation sites excluding steroid dienone is 1. The molecule has 3 aromatic carbocycles. The second-order valence-corrected chi connectivity index (χ2v) is 10.4. The fourth-order valence-electron chi connectivity index (χ4n) is 5.58. The monoisotopic (exact) mass is 524 g/mol. The van der Waals surface area contributed by atoms with Gasteiger partial charge in [0.1, 0.15) is 5.75 Å². The van der Waals surface area contributed by atoms with Crippen LogP contribution in [0.25, 0.3) is 22.0 Å². The standard InChI is InChI=1S/C34H40N2O3/c1-3-30(31-12-6-5-11-25(31)2)34(26-14-17-29(18-15-26)38-21-9-4-8-20-37)27-16-19-32-28(23-27)24-35-36(32)33-13-7-10-22-39-33/h5-6,11-12,14-19,23-24,33,37H,3-4,7-10,13,20-22H2,1-2H3/b34-30+. The minimum absolute atomic E-state index is 0.0199. The summed E-state index contributed by atoms with van der Waals surface area (Å²) in [7, 11) is 0. The van der Waals surface area contributed by atoms with Crippen LogP contribution >= 0.6 is 0 Å². The van der Waals surface area contributed by atoms with Crippen LogP contribution in [0, 0.1) is 6.92 Å². The molecule has 1 fully saturated rings. The molecule has 0 amide bonds. The summed E-state index contributed by atoms with van der Waals surface area (Å²) < 4.78 is 14.1. The van der Waals surface area contributed by atoms with Crippen LogP contribution in [-0.2, 0) is 4.74 Å². The number of benzene rings is 3. The molecule has 1 unspecified atom stereocenters. The predicted molar refractivity (Wildman–Crippen MR) is 159 cm³/mol. The topological polar surface area (TPSA) is 56.5 Å². The van der Waals surface area contributed by atoms with Crippen molar-refractivity contribution >= 4 is 22.0 Å². The van der Waals surface area contributed by atoms with E-state index in [1.165, 1.54) is 39.8 Å². The largest absolute Gasteiger partial charge is 0.494 e. The lowest BCUT2D eigenvalue weighted by Gasteiger charge is -2.23. The summed E-state index contributed by atoms with van der Waals surface area (Å²) in [5.74, 6) is 0.875. The van der Waals surface area contributed by atoms with Crippen molar-refractivity contribution in [1.82, 2.24) is 9.78 Å². The van der Waals surface area contributed by atoms with E-state index in [2.05, 4.69) is 85.3 Å². The maximum atomic E-state index is 8.99. The molecule has 1 aliphatic rings. The van der Waals surface area contributed by atoms with E-state index in [9.17, 15) is 0 Å². The number of aliphatic hydroxyl groups is 1. The van der Waals surface area contributed by atoms with Crippen LogP contribution in [0.1, 0.15) is 80.4 Å². The van der Waals surface area contributed by atoms with E-state index in [1.807, 2.05) is 6.20 Å². The minimum atomic E-state index is 0.0199. The normalized spacial score (nSPS) is 16.3. The number of aliphatic hydroxyl groups excluding tert-OH is 1. The molecule has 204 valence electrons. The van der Waals surface area contributed by atoms with Gasteiger partial charge in [0, 0.05) is 18.6 Å². The highest BCUT2D eigenvalue weighted by Crippen LogP contribution is 2.37. The average molecular weight is 525 g/mol. The Morgan fingerprint density at radius 3 is 2.56 bits per heavy atom. The molecule has 4 aromatic rings. The zero-order chi connectivity index (χ0) is 27.0. The van der Waals surface area contributed by atoms with Crippen LogP contribution in [0.4, 0.5) is 0 Å². The smallest absolute Gasteiger partial charge is 0.150 e. The number of ether oxygens (including phenoxy) is 2. The Morgan fingerprint density at radius 2 is 1.82 bits per heavy atom. The van der Waals surface area contributed by atoms with Gasteiger partial charge in [0.25, 0.3) is 0 Å². The number of nitrogens with zero attached hydrogens (tertiary/aromatic N) is 2. The Hall–Kier alpha value is -3.41. The summed E-state index contributed by atoms with van der Waals surface area (Å²) in [5.41, 5.74) is 8.60. The molecular formula is C34H40N2O3. The highest BCUT2D eigenvalue weighted by molar-refractivity contribution is 6.00. The van der Waals surface area contributed by atoms with E-state index in [4.69, 9.17) is 19.7 Å². The SMILES string of the molecule is CC/C(=C(/c1ccc(OCCCCCO)cc1)c1ccc2c(cnn2C2CCCCO2)c1)c1ccccc1C. The molecule has 5 nitrogen and oxygen atoms in total. The first-order chi connectivity index (χ1) is 19.2. The van der Waals surface area contributed by atoms with Gasteiger partial charge in [-0.05, 0) is 110 Å². The molecule has 1 aromatic heterocycles. The third kappa shape index (κ3) is 6.26. The second kappa shape index (κ2) is 13.1. The molecule has 1 saturated heterocycles. The summed E-state index contributed by atoms with van der Waals surface area (Å²) in [6.45, 7) is 6.13.